The Labute approximate surface area is 162 Å². The van der Waals surface area contributed by atoms with Crippen LogP contribution in [0.2, 0.25) is 0 Å². The van der Waals surface area contributed by atoms with Crippen LogP contribution < -0.4 is 10.6 Å². The highest BCUT2D eigenvalue weighted by Gasteiger charge is 2.08. The van der Waals surface area contributed by atoms with Gasteiger partial charge in [-0.15, -0.1) is 20.4 Å². The van der Waals surface area contributed by atoms with Crippen LogP contribution in [0, 0.1) is 6.92 Å². The second kappa shape index (κ2) is 9.36. The second-order valence-electron chi connectivity index (χ2n) is 6.06. The number of aromatic nitrogens is 6. The Bertz CT molecular complexity index is 899. The van der Waals surface area contributed by atoms with Crippen LogP contribution in [0.15, 0.2) is 29.4 Å². The van der Waals surface area contributed by atoms with Crippen molar-refractivity contribution in [3.63, 3.8) is 0 Å². The van der Waals surface area contributed by atoms with E-state index in [1.165, 1.54) is 0 Å². The Balaban J connectivity index is 1.67. The van der Waals surface area contributed by atoms with E-state index in [1.807, 2.05) is 59.1 Å². The molecule has 0 aliphatic heterocycles. The van der Waals surface area contributed by atoms with E-state index in [9.17, 15) is 0 Å². The molecule has 0 atom stereocenters. The number of aliphatic imine (C=N–C) groups is 1. The van der Waals surface area contributed by atoms with Gasteiger partial charge in [-0.2, -0.15) is 11.8 Å². The first-order valence-corrected chi connectivity index (χ1v) is 10.2. The molecule has 0 spiro atoms. The second-order valence-corrected chi connectivity index (χ2v) is 7.04. The molecule has 0 fully saturated rings. The van der Waals surface area contributed by atoms with Crippen molar-refractivity contribution in [1.29, 1.82) is 0 Å². The topological polar surface area (TPSA) is 97.3 Å². The third-order valence-electron chi connectivity index (χ3n) is 4.18. The SMILES string of the molecule is CSCCCNC(=NCc1nnc(C)n1C)NCc1nnc2ccccn12. The van der Waals surface area contributed by atoms with E-state index in [2.05, 4.69) is 42.3 Å². The minimum Gasteiger partial charge on any atom is -0.356 e. The monoisotopic (exact) mass is 387 g/mol. The Morgan fingerprint density at radius 3 is 2.78 bits per heavy atom. The van der Waals surface area contributed by atoms with E-state index in [0.717, 1.165) is 47.8 Å². The van der Waals surface area contributed by atoms with E-state index in [1.54, 1.807) is 0 Å². The Morgan fingerprint density at radius 2 is 2.00 bits per heavy atom. The van der Waals surface area contributed by atoms with Crippen LogP contribution in [0.3, 0.4) is 0 Å². The first-order chi connectivity index (χ1) is 13.2. The average molecular weight is 388 g/mol. The summed E-state index contributed by atoms with van der Waals surface area (Å²) in [6, 6.07) is 5.85. The standard InChI is InChI=1S/C17H25N9S/c1-13-21-23-15(25(13)2)11-19-17(18-8-6-10-27-3)20-12-16-24-22-14-7-4-5-9-26(14)16/h4-5,7,9H,6,8,10-12H2,1-3H3,(H2,18,19,20). The minimum atomic E-state index is 0.454. The highest BCUT2D eigenvalue weighted by atomic mass is 32.2. The summed E-state index contributed by atoms with van der Waals surface area (Å²) >= 11 is 1.84. The largest absolute Gasteiger partial charge is 0.356 e. The number of rotatable bonds is 8. The van der Waals surface area contributed by atoms with Gasteiger partial charge in [0.05, 0.1) is 6.54 Å². The van der Waals surface area contributed by atoms with E-state index >= 15 is 0 Å². The molecule has 0 saturated heterocycles. The van der Waals surface area contributed by atoms with Crippen LogP contribution in [-0.2, 0) is 20.1 Å². The average Bonchev–Trinajstić information content (AvgIpc) is 3.24. The molecule has 0 saturated carbocycles. The van der Waals surface area contributed by atoms with Crippen molar-refractivity contribution in [2.24, 2.45) is 12.0 Å². The first-order valence-electron chi connectivity index (χ1n) is 8.83. The zero-order valence-electron chi connectivity index (χ0n) is 15.9. The molecular formula is C17H25N9S. The van der Waals surface area contributed by atoms with Crippen molar-refractivity contribution in [3.05, 3.63) is 41.9 Å². The summed E-state index contributed by atoms with van der Waals surface area (Å²) in [4.78, 5) is 4.65. The van der Waals surface area contributed by atoms with Gasteiger partial charge in [-0.1, -0.05) is 6.07 Å². The van der Waals surface area contributed by atoms with Crippen molar-refractivity contribution in [1.82, 2.24) is 40.0 Å². The molecule has 3 rings (SSSR count). The summed E-state index contributed by atoms with van der Waals surface area (Å²) in [6.45, 7) is 3.76. The molecule has 0 bridgehead atoms. The molecule has 0 aliphatic carbocycles. The van der Waals surface area contributed by atoms with Gasteiger partial charge in [0.1, 0.15) is 12.4 Å². The molecule has 3 aromatic rings. The van der Waals surface area contributed by atoms with Gasteiger partial charge in [0.15, 0.2) is 23.3 Å². The lowest BCUT2D eigenvalue weighted by atomic mass is 10.4. The Hall–Kier alpha value is -2.62. The van der Waals surface area contributed by atoms with Crippen LogP contribution in [-0.4, -0.2) is 53.9 Å². The smallest absolute Gasteiger partial charge is 0.192 e. The van der Waals surface area contributed by atoms with Gasteiger partial charge in [0, 0.05) is 19.8 Å². The van der Waals surface area contributed by atoms with Gasteiger partial charge >= 0.3 is 0 Å². The number of thioether (sulfide) groups is 1. The molecule has 144 valence electrons. The number of aryl methyl sites for hydroxylation is 1. The molecule has 2 N–H and O–H groups in total. The minimum absolute atomic E-state index is 0.454. The molecular weight excluding hydrogens is 362 g/mol. The molecule has 9 nitrogen and oxygen atoms in total. The number of guanidine groups is 1. The maximum Gasteiger partial charge on any atom is 0.192 e. The van der Waals surface area contributed by atoms with Gasteiger partial charge in [0.2, 0.25) is 0 Å². The summed E-state index contributed by atoms with van der Waals surface area (Å²) in [6.07, 6.45) is 5.14. The van der Waals surface area contributed by atoms with Crippen molar-refractivity contribution >= 4 is 23.4 Å². The van der Waals surface area contributed by atoms with E-state index in [4.69, 9.17) is 0 Å². The number of hydrogen-bond acceptors (Lipinski definition) is 6. The van der Waals surface area contributed by atoms with Crippen molar-refractivity contribution in [2.45, 2.75) is 26.4 Å². The van der Waals surface area contributed by atoms with Crippen LogP contribution in [0.5, 0.6) is 0 Å². The molecule has 27 heavy (non-hydrogen) atoms. The zero-order valence-corrected chi connectivity index (χ0v) is 16.7. The molecule has 3 heterocycles. The molecule has 0 radical (unpaired) electrons. The molecule has 0 unspecified atom stereocenters. The lowest BCUT2D eigenvalue weighted by Gasteiger charge is -2.12. The number of hydrogen-bond donors (Lipinski definition) is 2. The van der Waals surface area contributed by atoms with Crippen LogP contribution in [0.1, 0.15) is 23.9 Å². The van der Waals surface area contributed by atoms with Crippen molar-refractivity contribution in [2.75, 3.05) is 18.6 Å². The van der Waals surface area contributed by atoms with Crippen LogP contribution in [0.4, 0.5) is 0 Å². The summed E-state index contributed by atoms with van der Waals surface area (Å²) in [7, 11) is 1.95. The molecule has 0 aromatic carbocycles. The Morgan fingerprint density at radius 1 is 1.15 bits per heavy atom. The van der Waals surface area contributed by atoms with Gasteiger partial charge in [-0.25, -0.2) is 4.99 Å². The Kier molecular flexibility index (Phi) is 6.64. The lowest BCUT2D eigenvalue weighted by Crippen LogP contribution is -2.38. The molecule has 10 heteroatoms. The van der Waals surface area contributed by atoms with Crippen molar-refractivity contribution in [3.8, 4) is 0 Å². The summed E-state index contributed by atoms with van der Waals surface area (Å²) in [5.74, 6) is 4.36. The number of pyridine rings is 1. The van der Waals surface area contributed by atoms with Crippen LogP contribution in [0.25, 0.3) is 5.65 Å². The summed E-state index contributed by atoms with van der Waals surface area (Å²) < 4.78 is 3.91. The number of fused-ring (bicyclic) bond motifs is 1. The maximum absolute atomic E-state index is 4.65. The van der Waals surface area contributed by atoms with E-state index in [0.29, 0.717) is 13.1 Å². The molecule has 0 aliphatic rings. The predicted octanol–water partition coefficient (Wildman–Crippen LogP) is 1.15. The number of nitrogens with one attached hydrogen (secondary N) is 2. The first kappa shape index (κ1) is 19.2. The third kappa shape index (κ3) is 4.97. The fraction of sp³-hybridized carbons (Fsp3) is 0.471. The maximum atomic E-state index is 4.65. The van der Waals surface area contributed by atoms with Gasteiger partial charge < -0.3 is 15.2 Å². The van der Waals surface area contributed by atoms with E-state index in [-0.39, 0.29) is 0 Å². The fourth-order valence-electron chi connectivity index (χ4n) is 2.51. The fourth-order valence-corrected chi connectivity index (χ4v) is 2.94. The van der Waals surface area contributed by atoms with Gasteiger partial charge in [-0.3, -0.25) is 4.40 Å². The predicted molar refractivity (Wildman–Crippen MR) is 108 cm³/mol. The highest BCUT2D eigenvalue weighted by Crippen LogP contribution is 2.03. The normalized spacial score (nSPS) is 11.9. The number of nitrogens with zero attached hydrogens (tertiary/aromatic N) is 7. The highest BCUT2D eigenvalue weighted by molar-refractivity contribution is 7.98. The third-order valence-corrected chi connectivity index (χ3v) is 4.87. The van der Waals surface area contributed by atoms with Crippen molar-refractivity contribution < 1.29 is 0 Å². The summed E-state index contributed by atoms with van der Waals surface area (Å²) in [5.41, 5.74) is 0.829. The summed E-state index contributed by atoms with van der Waals surface area (Å²) in [5, 5.41) is 23.4. The quantitative estimate of drug-likeness (QED) is 0.340. The van der Waals surface area contributed by atoms with Crippen LogP contribution >= 0.6 is 11.8 Å². The van der Waals surface area contributed by atoms with Gasteiger partial charge in [-0.05, 0) is 37.5 Å². The zero-order chi connectivity index (χ0) is 19.1. The lowest BCUT2D eigenvalue weighted by molar-refractivity contribution is 0.730. The molecule has 3 aromatic heterocycles. The van der Waals surface area contributed by atoms with Gasteiger partial charge in [0.25, 0.3) is 0 Å². The van der Waals surface area contributed by atoms with E-state index < -0.39 is 0 Å². The molecule has 0 amide bonds.